The molecule has 8 heteroatoms. The summed E-state index contributed by atoms with van der Waals surface area (Å²) in [6.45, 7) is 4.23. The lowest BCUT2D eigenvalue weighted by Gasteiger charge is -2.23. The van der Waals surface area contributed by atoms with Crippen molar-refractivity contribution in [1.82, 2.24) is 4.90 Å². The van der Waals surface area contributed by atoms with Crippen LogP contribution in [0.2, 0.25) is 0 Å². The second-order valence-corrected chi connectivity index (χ2v) is 10.7. The number of rotatable bonds is 16. The molecule has 6 nitrogen and oxygen atoms in total. The predicted molar refractivity (Wildman–Crippen MR) is 135 cm³/mol. The van der Waals surface area contributed by atoms with Crippen LogP contribution in [0.1, 0.15) is 31.4 Å². The van der Waals surface area contributed by atoms with E-state index in [-0.39, 0.29) is 31.6 Å². The maximum atomic E-state index is 14.2. The van der Waals surface area contributed by atoms with Gasteiger partial charge in [-0.05, 0) is 62.2 Å². The first-order chi connectivity index (χ1) is 16.2. The summed E-state index contributed by atoms with van der Waals surface area (Å²) < 4.78 is 48.3. The number of aryl methyl sites for hydroxylation is 2. The highest BCUT2D eigenvalue weighted by molar-refractivity contribution is 7.53. The highest BCUT2D eigenvalue weighted by atomic mass is 31.2. The highest BCUT2D eigenvalue weighted by Gasteiger charge is 2.25. The van der Waals surface area contributed by atoms with Crippen molar-refractivity contribution in [2.75, 3.05) is 47.3 Å². The van der Waals surface area contributed by atoms with Gasteiger partial charge in [0.1, 0.15) is 24.2 Å². The Labute approximate surface area is 203 Å². The molecule has 190 valence electrons. The molecule has 2 rings (SSSR count). The fourth-order valence-electron chi connectivity index (χ4n) is 3.46. The minimum atomic E-state index is -4.17. The molecule has 0 N–H and O–H groups in total. The van der Waals surface area contributed by atoms with Gasteiger partial charge in [-0.25, -0.2) is 0 Å². The van der Waals surface area contributed by atoms with Crippen molar-refractivity contribution in [1.29, 1.82) is 0 Å². The summed E-state index contributed by atoms with van der Waals surface area (Å²) in [5, 5.41) is 0. The molecule has 0 radical (unpaired) electrons. The topological polar surface area (TPSA) is 57.2 Å². The molecule has 0 aliphatic rings. The van der Waals surface area contributed by atoms with E-state index in [0.717, 1.165) is 36.3 Å². The summed E-state index contributed by atoms with van der Waals surface area (Å²) in [6, 6.07) is 15.9. The Morgan fingerprint density at radius 3 is 2.56 bits per heavy atom. The average Bonchev–Trinajstić information content (AvgIpc) is 2.81. The zero-order valence-electron chi connectivity index (χ0n) is 21.0. The van der Waals surface area contributed by atoms with E-state index < -0.39 is 7.68 Å². The molecule has 0 aliphatic carbocycles. The molecule has 3 atom stereocenters. The molecule has 2 unspecified atom stereocenters. The van der Waals surface area contributed by atoms with E-state index in [9.17, 15) is 8.76 Å². The van der Waals surface area contributed by atoms with Gasteiger partial charge in [-0.15, -0.1) is 0 Å². The summed E-state index contributed by atoms with van der Waals surface area (Å²) in [7, 11) is 1.33. The number of likely N-dealkylation sites (N-methyl/N-ethyl adjacent to an activating group) is 1. The number of nitrogens with zero attached hydrogens (tertiary/aromatic N) is 1. The lowest BCUT2D eigenvalue weighted by Crippen LogP contribution is -2.34. The fourth-order valence-corrected chi connectivity index (χ4v) is 4.79. The minimum absolute atomic E-state index is 0.00906. The average molecular weight is 496 g/mol. The maximum Gasteiger partial charge on any atom is 0.369 e. The lowest BCUT2D eigenvalue weighted by atomic mass is 10.0. The summed E-state index contributed by atoms with van der Waals surface area (Å²) >= 11 is 0. The Kier molecular flexibility index (Phi) is 12.1. The Morgan fingerprint density at radius 2 is 1.85 bits per heavy atom. The van der Waals surface area contributed by atoms with Gasteiger partial charge in [0, 0.05) is 6.54 Å². The van der Waals surface area contributed by atoms with Gasteiger partial charge in [-0.2, -0.15) is 4.20 Å². The van der Waals surface area contributed by atoms with Crippen molar-refractivity contribution in [3.05, 3.63) is 59.7 Å². The van der Waals surface area contributed by atoms with Gasteiger partial charge < -0.3 is 19.1 Å². The number of ether oxygens (including phenoxy) is 3. The molecule has 34 heavy (non-hydrogen) atoms. The van der Waals surface area contributed by atoms with Gasteiger partial charge >= 0.3 is 7.68 Å². The third kappa shape index (κ3) is 10.6. The fraction of sp³-hybridized carbons (Fsp3) is 0.538. The van der Waals surface area contributed by atoms with Crippen LogP contribution in [-0.2, 0) is 26.7 Å². The minimum Gasteiger partial charge on any atom is -0.497 e. The summed E-state index contributed by atoms with van der Waals surface area (Å²) in [6.07, 6.45) is 1.94. The number of hydrogen-bond acceptors (Lipinski definition) is 6. The summed E-state index contributed by atoms with van der Waals surface area (Å²) in [5.41, 5.74) is 2.28. The van der Waals surface area contributed by atoms with Crippen LogP contribution in [0, 0.1) is 5.92 Å². The highest BCUT2D eigenvalue weighted by Crippen LogP contribution is 2.50. The largest absolute Gasteiger partial charge is 0.497 e. The van der Waals surface area contributed by atoms with Crippen molar-refractivity contribution in [3.8, 4) is 11.5 Å². The van der Waals surface area contributed by atoms with Gasteiger partial charge in [-0.1, -0.05) is 50.6 Å². The molecule has 0 heterocycles. The van der Waals surface area contributed by atoms with Crippen LogP contribution >= 0.6 is 7.68 Å². The Balaban J connectivity index is 1.93. The van der Waals surface area contributed by atoms with E-state index in [1.165, 1.54) is 5.56 Å². The Morgan fingerprint density at radius 1 is 1.09 bits per heavy atom. The van der Waals surface area contributed by atoms with Crippen LogP contribution in [0.15, 0.2) is 48.5 Å². The standard InChI is InChI=1S/C26H39FNO5P/c1-6-21(2)19-34(27,29)33-20-32-25(17-28(3)4)18-31-26-13-8-7-11-23(26)15-14-22-10-9-12-24(16-22)30-5/h7-13,16,21,25H,6,14-15,17-20H2,1-5H3/t21?,25-,34?/m0/s1. The summed E-state index contributed by atoms with van der Waals surface area (Å²) in [4.78, 5) is 1.96. The first kappa shape index (κ1) is 28.3. The van der Waals surface area contributed by atoms with Crippen molar-refractivity contribution in [2.45, 2.75) is 39.2 Å². The van der Waals surface area contributed by atoms with Crippen molar-refractivity contribution >= 4 is 7.68 Å². The molecule has 0 fully saturated rings. The van der Waals surface area contributed by atoms with E-state index in [0.29, 0.717) is 6.54 Å². The zero-order valence-corrected chi connectivity index (χ0v) is 21.9. The molecule has 0 amide bonds. The van der Waals surface area contributed by atoms with E-state index in [1.54, 1.807) is 7.11 Å². The molecule has 2 aromatic rings. The molecular formula is C26H39FNO5P. The molecule has 0 aromatic heterocycles. The van der Waals surface area contributed by atoms with Gasteiger partial charge in [0.15, 0.2) is 6.79 Å². The van der Waals surface area contributed by atoms with Crippen LogP contribution in [0.4, 0.5) is 4.20 Å². The van der Waals surface area contributed by atoms with Gasteiger partial charge in [0.05, 0.1) is 13.3 Å². The molecule has 0 spiro atoms. The number of methoxy groups -OCH3 is 1. The van der Waals surface area contributed by atoms with Gasteiger partial charge in [-0.3, -0.25) is 9.09 Å². The van der Waals surface area contributed by atoms with Crippen molar-refractivity contribution in [3.63, 3.8) is 0 Å². The Bertz CT molecular complexity index is 910. The van der Waals surface area contributed by atoms with Crippen LogP contribution in [0.25, 0.3) is 0 Å². The third-order valence-electron chi connectivity index (χ3n) is 5.56. The zero-order chi connectivity index (χ0) is 25.0. The molecule has 0 aliphatic heterocycles. The van der Waals surface area contributed by atoms with E-state index >= 15 is 0 Å². The molecule has 0 saturated heterocycles. The van der Waals surface area contributed by atoms with E-state index in [1.807, 2.05) is 69.2 Å². The van der Waals surface area contributed by atoms with Crippen molar-refractivity contribution in [2.24, 2.45) is 5.92 Å². The molecular weight excluding hydrogens is 456 g/mol. The van der Waals surface area contributed by atoms with E-state index in [4.69, 9.17) is 18.7 Å². The second kappa shape index (κ2) is 14.5. The molecule has 0 bridgehead atoms. The van der Waals surface area contributed by atoms with Crippen LogP contribution in [0.5, 0.6) is 11.5 Å². The number of para-hydroxylation sites is 1. The Hall–Kier alpha value is -1.92. The van der Waals surface area contributed by atoms with Crippen LogP contribution in [-0.4, -0.2) is 58.3 Å². The lowest BCUT2D eigenvalue weighted by molar-refractivity contribution is -0.0618. The van der Waals surface area contributed by atoms with Gasteiger partial charge in [0.25, 0.3) is 0 Å². The number of benzene rings is 2. The van der Waals surface area contributed by atoms with Gasteiger partial charge in [0.2, 0.25) is 0 Å². The number of hydrogen-bond donors (Lipinski definition) is 0. The normalized spacial score (nSPS) is 15.0. The number of halogens is 1. The quantitative estimate of drug-likeness (QED) is 0.211. The van der Waals surface area contributed by atoms with Crippen LogP contribution < -0.4 is 9.47 Å². The third-order valence-corrected chi connectivity index (χ3v) is 7.11. The monoisotopic (exact) mass is 495 g/mol. The first-order valence-electron chi connectivity index (χ1n) is 11.8. The second-order valence-electron chi connectivity index (χ2n) is 8.85. The first-order valence-corrected chi connectivity index (χ1v) is 13.5. The summed E-state index contributed by atoms with van der Waals surface area (Å²) in [5.74, 6) is 1.62. The van der Waals surface area contributed by atoms with Crippen molar-refractivity contribution < 1.29 is 27.5 Å². The predicted octanol–water partition coefficient (Wildman–Crippen LogP) is 5.99. The maximum absolute atomic E-state index is 14.2. The van der Waals surface area contributed by atoms with E-state index in [2.05, 4.69) is 12.1 Å². The molecule has 0 saturated carbocycles. The molecule has 2 aromatic carbocycles. The SMILES string of the molecule is CCC(C)CP(=O)(F)OCO[C@H](COc1ccccc1CCc1cccc(OC)c1)CN(C)C. The smallest absolute Gasteiger partial charge is 0.369 e. The van der Waals surface area contributed by atoms with Crippen LogP contribution in [0.3, 0.4) is 0 Å².